The van der Waals surface area contributed by atoms with E-state index in [4.69, 9.17) is 9.47 Å². The molecule has 196 valence electrons. The second-order valence-corrected chi connectivity index (χ2v) is 9.50. The summed E-state index contributed by atoms with van der Waals surface area (Å²) < 4.78 is 12.8. The second kappa shape index (κ2) is 11.2. The number of anilines is 1. The summed E-state index contributed by atoms with van der Waals surface area (Å²) in [6.07, 6.45) is 3.20. The molecule has 1 fully saturated rings. The number of tetrazole rings is 1. The first-order valence-electron chi connectivity index (χ1n) is 13.0. The molecular weight excluding hydrogens is 470 g/mol. The Bertz CT molecular complexity index is 1210. The van der Waals surface area contributed by atoms with Crippen molar-refractivity contribution in [1.29, 1.82) is 0 Å². The number of methoxy groups -OCH3 is 2. The summed E-state index contributed by atoms with van der Waals surface area (Å²) in [7, 11) is 3.26. The summed E-state index contributed by atoms with van der Waals surface area (Å²) in [4.78, 5) is 20.7. The van der Waals surface area contributed by atoms with Crippen LogP contribution in [0, 0.1) is 0 Å². The van der Waals surface area contributed by atoms with E-state index in [9.17, 15) is 4.79 Å². The molecule has 3 heterocycles. The standard InChI is InChI=1S/C27H35N7O3/c1-4-31-13-15-32(16-14-31)24-8-5-7-21-22(24)18-34(27(21)35)23(9-6-12-33-19-28-29-30-33)20-10-11-25(36-2)26(17-20)37-3/h5,7-8,10-11,17,19,23H,4,6,9,12-16,18H2,1-3H3/t23-/m1/s1. The quantitative estimate of drug-likeness (QED) is 0.416. The summed E-state index contributed by atoms with van der Waals surface area (Å²) in [6, 6.07) is 12.0. The molecule has 10 nitrogen and oxygen atoms in total. The van der Waals surface area contributed by atoms with Crippen LogP contribution >= 0.6 is 0 Å². The van der Waals surface area contributed by atoms with Gasteiger partial charge in [-0.3, -0.25) is 4.79 Å². The fraction of sp³-hybridized carbons (Fsp3) is 0.481. The molecule has 1 amide bonds. The van der Waals surface area contributed by atoms with Gasteiger partial charge in [-0.05, 0) is 59.6 Å². The number of benzene rings is 2. The fourth-order valence-electron chi connectivity index (χ4n) is 5.48. The van der Waals surface area contributed by atoms with Crippen LogP contribution in [0.5, 0.6) is 11.5 Å². The lowest BCUT2D eigenvalue weighted by Gasteiger charge is -2.36. The van der Waals surface area contributed by atoms with Gasteiger partial charge in [0.05, 0.1) is 20.3 Å². The van der Waals surface area contributed by atoms with Gasteiger partial charge in [0.15, 0.2) is 11.5 Å². The average molecular weight is 506 g/mol. The van der Waals surface area contributed by atoms with Gasteiger partial charge in [-0.25, -0.2) is 4.68 Å². The maximum atomic E-state index is 13.8. The van der Waals surface area contributed by atoms with Crippen LogP contribution in [0.2, 0.25) is 0 Å². The molecule has 2 aromatic carbocycles. The molecule has 37 heavy (non-hydrogen) atoms. The van der Waals surface area contributed by atoms with Gasteiger partial charge in [-0.15, -0.1) is 5.10 Å². The number of piperazine rings is 1. The van der Waals surface area contributed by atoms with E-state index < -0.39 is 0 Å². The van der Waals surface area contributed by atoms with Crippen molar-refractivity contribution in [3.05, 3.63) is 59.4 Å². The highest BCUT2D eigenvalue weighted by molar-refractivity contribution is 6.00. The highest BCUT2D eigenvalue weighted by atomic mass is 16.5. The van der Waals surface area contributed by atoms with Crippen molar-refractivity contribution < 1.29 is 14.3 Å². The smallest absolute Gasteiger partial charge is 0.255 e. The van der Waals surface area contributed by atoms with E-state index in [-0.39, 0.29) is 11.9 Å². The number of fused-ring (bicyclic) bond motifs is 1. The highest BCUT2D eigenvalue weighted by Gasteiger charge is 2.36. The molecule has 1 atom stereocenters. The van der Waals surface area contributed by atoms with Gasteiger partial charge in [0.2, 0.25) is 0 Å². The molecule has 0 spiro atoms. The number of aryl methyl sites for hydroxylation is 1. The Morgan fingerprint density at radius 3 is 2.54 bits per heavy atom. The average Bonchev–Trinajstić information content (AvgIpc) is 3.58. The van der Waals surface area contributed by atoms with E-state index in [1.165, 1.54) is 5.69 Å². The Labute approximate surface area is 217 Å². The van der Waals surface area contributed by atoms with E-state index in [0.29, 0.717) is 24.6 Å². The van der Waals surface area contributed by atoms with Gasteiger partial charge < -0.3 is 24.2 Å². The molecule has 2 aliphatic heterocycles. The van der Waals surface area contributed by atoms with E-state index in [1.54, 1.807) is 25.2 Å². The van der Waals surface area contributed by atoms with Gasteiger partial charge in [0.1, 0.15) is 6.33 Å². The van der Waals surface area contributed by atoms with Crippen LogP contribution in [0.1, 0.15) is 47.3 Å². The van der Waals surface area contributed by atoms with Crippen LogP contribution in [0.3, 0.4) is 0 Å². The highest BCUT2D eigenvalue weighted by Crippen LogP contribution is 2.40. The van der Waals surface area contributed by atoms with Crippen molar-refractivity contribution in [2.24, 2.45) is 0 Å². The lowest BCUT2D eigenvalue weighted by molar-refractivity contribution is 0.0687. The number of likely N-dealkylation sites (N-methyl/N-ethyl adjacent to an activating group) is 1. The first-order chi connectivity index (χ1) is 18.1. The van der Waals surface area contributed by atoms with Crippen molar-refractivity contribution in [1.82, 2.24) is 30.0 Å². The zero-order valence-corrected chi connectivity index (χ0v) is 21.8. The van der Waals surface area contributed by atoms with Crippen molar-refractivity contribution in [3.8, 4) is 11.5 Å². The number of rotatable bonds is 10. The van der Waals surface area contributed by atoms with Gasteiger partial charge >= 0.3 is 0 Å². The molecule has 1 aromatic heterocycles. The third kappa shape index (κ3) is 5.11. The van der Waals surface area contributed by atoms with Crippen LogP contribution in [-0.4, -0.2) is 82.9 Å². The van der Waals surface area contributed by atoms with E-state index >= 15 is 0 Å². The number of nitrogens with zero attached hydrogens (tertiary/aromatic N) is 7. The maximum absolute atomic E-state index is 13.8. The zero-order valence-electron chi connectivity index (χ0n) is 21.8. The summed E-state index contributed by atoms with van der Waals surface area (Å²) in [5.74, 6) is 1.40. The molecule has 0 N–H and O–H groups in total. The molecule has 3 aromatic rings. The topological polar surface area (TPSA) is 88.8 Å². The third-order valence-corrected chi connectivity index (χ3v) is 7.56. The van der Waals surface area contributed by atoms with Crippen molar-refractivity contribution in [2.75, 3.05) is 51.8 Å². The lowest BCUT2D eigenvalue weighted by atomic mass is 9.99. The van der Waals surface area contributed by atoms with Gasteiger partial charge in [-0.1, -0.05) is 19.1 Å². The van der Waals surface area contributed by atoms with Crippen molar-refractivity contribution >= 4 is 11.6 Å². The minimum absolute atomic E-state index is 0.0752. The molecule has 0 saturated carbocycles. The number of carbonyl (C=O) groups excluding carboxylic acids is 1. The first-order valence-corrected chi connectivity index (χ1v) is 13.0. The van der Waals surface area contributed by atoms with Crippen LogP contribution in [0.15, 0.2) is 42.7 Å². The van der Waals surface area contributed by atoms with Gasteiger partial charge in [-0.2, -0.15) is 0 Å². The van der Waals surface area contributed by atoms with Crippen molar-refractivity contribution in [3.63, 3.8) is 0 Å². The molecule has 0 aliphatic carbocycles. The molecule has 0 radical (unpaired) electrons. The lowest BCUT2D eigenvalue weighted by Crippen LogP contribution is -2.46. The molecule has 5 rings (SSSR count). The largest absolute Gasteiger partial charge is 0.493 e. The van der Waals surface area contributed by atoms with Crippen LogP contribution in [0.4, 0.5) is 5.69 Å². The number of amides is 1. The Kier molecular flexibility index (Phi) is 7.55. The molecule has 10 heteroatoms. The predicted octanol–water partition coefficient (Wildman–Crippen LogP) is 3.01. The van der Waals surface area contributed by atoms with Crippen LogP contribution in [-0.2, 0) is 13.1 Å². The Morgan fingerprint density at radius 2 is 1.84 bits per heavy atom. The van der Waals surface area contributed by atoms with E-state index in [1.807, 2.05) is 35.2 Å². The summed E-state index contributed by atoms with van der Waals surface area (Å²) in [5.41, 5.74) is 4.14. The SMILES string of the molecule is CCN1CCN(c2cccc3c2CN([C@H](CCCn2cnnn2)c2ccc(OC)c(OC)c2)C3=O)CC1. The Hall–Kier alpha value is -3.66. The summed E-state index contributed by atoms with van der Waals surface area (Å²) in [6.45, 7) is 8.59. The zero-order chi connectivity index (χ0) is 25.8. The third-order valence-electron chi connectivity index (χ3n) is 7.56. The minimum Gasteiger partial charge on any atom is -0.493 e. The maximum Gasteiger partial charge on any atom is 0.255 e. The minimum atomic E-state index is -0.124. The summed E-state index contributed by atoms with van der Waals surface area (Å²) in [5, 5.41) is 11.4. The monoisotopic (exact) mass is 505 g/mol. The Morgan fingerprint density at radius 1 is 1.03 bits per heavy atom. The molecule has 0 unspecified atom stereocenters. The molecule has 2 aliphatic rings. The van der Waals surface area contributed by atoms with Gasteiger partial charge in [0, 0.05) is 56.1 Å². The number of ether oxygens (including phenoxy) is 2. The summed E-state index contributed by atoms with van der Waals surface area (Å²) >= 11 is 0. The Balaban J connectivity index is 1.42. The van der Waals surface area contributed by atoms with Gasteiger partial charge in [0.25, 0.3) is 5.91 Å². The molecular formula is C27H35N7O3. The number of hydrogen-bond donors (Lipinski definition) is 0. The first kappa shape index (κ1) is 25.0. The molecule has 0 bridgehead atoms. The second-order valence-electron chi connectivity index (χ2n) is 9.50. The normalized spacial score (nSPS) is 16.7. The number of aromatic nitrogens is 4. The molecule has 1 saturated heterocycles. The number of carbonyl (C=O) groups is 1. The number of hydrogen-bond acceptors (Lipinski definition) is 8. The predicted molar refractivity (Wildman–Crippen MR) is 140 cm³/mol. The van der Waals surface area contributed by atoms with E-state index in [0.717, 1.165) is 62.3 Å². The van der Waals surface area contributed by atoms with Crippen molar-refractivity contribution in [2.45, 2.75) is 38.9 Å². The van der Waals surface area contributed by atoms with Crippen LogP contribution < -0.4 is 14.4 Å². The van der Waals surface area contributed by atoms with Crippen LogP contribution in [0.25, 0.3) is 0 Å². The fourth-order valence-corrected chi connectivity index (χ4v) is 5.48. The van der Waals surface area contributed by atoms with E-state index in [2.05, 4.69) is 38.3 Å².